The lowest BCUT2D eigenvalue weighted by molar-refractivity contribution is -0.137. The van der Waals surface area contributed by atoms with Crippen LogP contribution >= 0.6 is 0 Å². The van der Waals surface area contributed by atoms with Gasteiger partial charge in [-0.05, 0) is 72.6 Å². The third-order valence-electron chi connectivity index (χ3n) is 7.79. The van der Waals surface area contributed by atoms with Crippen LogP contribution in [0.25, 0.3) is 0 Å². The number of aryl methyl sites for hydroxylation is 1. The number of anilines is 2. The number of carboxylic acids is 1. The summed E-state index contributed by atoms with van der Waals surface area (Å²) in [7, 11) is 3.83. The number of halogens is 1. The summed E-state index contributed by atoms with van der Waals surface area (Å²) in [6.07, 6.45) is 0.308. The van der Waals surface area contributed by atoms with E-state index in [0.717, 1.165) is 37.4 Å². The minimum absolute atomic E-state index is 0.00105. The average Bonchev–Trinajstić information content (AvgIpc) is 3.30. The van der Waals surface area contributed by atoms with Crippen LogP contribution in [0.3, 0.4) is 0 Å². The molecule has 1 fully saturated rings. The number of nitrogens with zero attached hydrogens (tertiary/aromatic N) is 4. The number of nitrogens with one attached hydrogen (secondary N) is 1. The first kappa shape index (κ1) is 29.1. The number of carboxylic acid groups (broad SMARTS) is 1. The molecule has 42 heavy (non-hydrogen) atoms. The molecule has 0 aromatic heterocycles. The zero-order valence-corrected chi connectivity index (χ0v) is 23.7. The SMILES string of the molecule is CN1CCN(CC(=O)N(C)c2ccc(N=C(c3cccc(CCC(=O)O)c3)C3C(=O)Nc4cc(F)ccc43)cc2)CC1. The van der Waals surface area contributed by atoms with E-state index in [0.29, 0.717) is 41.2 Å². The van der Waals surface area contributed by atoms with Crippen molar-refractivity contribution in [3.63, 3.8) is 0 Å². The van der Waals surface area contributed by atoms with Crippen molar-refractivity contribution in [1.82, 2.24) is 9.80 Å². The topological polar surface area (TPSA) is 106 Å². The highest BCUT2D eigenvalue weighted by Gasteiger charge is 2.35. The number of aliphatic carboxylic acids is 1. The highest BCUT2D eigenvalue weighted by Crippen LogP contribution is 2.37. The molecule has 2 aliphatic rings. The van der Waals surface area contributed by atoms with E-state index in [-0.39, 0.29) is 18.2 Å². The number of amides is 2. The molecule has 5 rings (SSSR count). The van der Waals surface area contributed by atoms with Crippen LogP contribution in [0.15, 0.2) is 71.7 Å². The van der Waals surface area contributed by atoms with Crippen molar-refractivity contribution in [2.24, 2.45) is 4.99 Å². The van der Waals surface area contributed by atoms with Crippen molar-refractivity contribution in [1.29, 1.82) is 0 Å². The molecule has 3 aromatic carbocycles. The first-order chi connectivity index (χ1) is 20.2. The van der Waals surface area contributed by atoms with Crippen LogP contribution in [0.2, 0.25) is 0 Å². The van der Waals surface area contributed by atoms with E-state index in [4.69, 9.17) is 10.1 Å². The number of likely N-dealkylation sites (N-methyl/N-ethyl adjacent to an activating group) is 2. The molecule has 2 aliphatic heterocycles. The Morgan fingerprint density at radius 2 is 1.79 bits per heavy atom. The number of aliphatic imine (C=N–C) groups is 1. The summed E-state index contributed by atoms with van der Waals surface area (Å²) < 4.78 is 13.9. The Labute approximate surface area is 244 Å². The molecule has 0 aliphatic carbocycles. The van der Waals surface area contributed by atoms with E-state index in [9.17, 15) is 18.8 Å². The predicted octanol–water partition coefficient (Wildman–Crippen LogP) is 3.91. The number of benzene rings is 3. The normalized spacial score (nSPS) is 17.5. The first-order valence-electron chi connectivity index (χ1n) is 14.0. The van der Waals surface area contributed by atoms with E-state index < -0.39 is 17.7 Å². The summed E-state index contributed by atoms with van der Waals surface area (Å²) >= 11 is 0. The number of hydrogen-bond donors (Lipinski definition) is 2. The van der Waals surface area contributed by atoms with Crippen molar-refractivity contribution in [3.8, 4) is 0 Å². The summed E-state index contributed by atoms with van der Waals surface area (Å²) in [5.74, 6) is -2.46. The fourth-order valence-electron chi connectivity index (χ4n) is 5.28. The Balaban J connectivity index is 1.43. The smallest absolute Gasteiger partial charge is 0.303 e. The van der Waals surface area contributed by atoms with Crippen molar-refractivity contribution in [2.45, 2.75) is 18.8 Å². The van der Waals surface area contributed by atoms with Gasteiger partial charge in [-0.3, -0.25) is 24.3 Å². The molecular weight excluding hydrogens is 537 g/mol. The quantitative estimate of drug-likeness (QED) is 0.378. The molecular formula is C32H34FN5O4. The van der Waals surface area contributed by atoms with Crippen LogP contribution in [0, 0.1) is 5.82 Å². The number of carbonyl (C=O) groups excluding carboxylic acids is 2. The molecule has 2 heterocycles. The molecule has 10 heteroatoms. The summed E-state index contributed by atoms with van der Waals surface area (Å²) in [6.45, 7) is 3.94. The average molecular weight is 572 g/mol. The van der Waals surface area contributed by atoms with Gasteiger partial charge in [-0.15, -0.1) is 0 Å². The molecule has 1 atom stereocenters. The van der Waals surface area contributed by atoms with E-state index in [1.165, 1.54) is 12.1 Å². The van der Waals surface area contributed by atoms with Gasteiger partial charge >= 0.3 is 5.97 Å². The second-order valence-electron chi connectivity index (χ2n) is 10.8. The van der Waals surface area contributed by atoms with Crippen LogP contribution in [-0.4, -0.2) is 85.2 Å². The van der Waals surface area contributed by atoms with Crippen LogP contribution in [0.5, 0.6) is 0 Å². The monoisotopic (exact) mass is 571 g/mol. The van der Waals surface area contributed by atoms with E-state index >= 15 is 0 Å². The lowest BCUT2D eigenvalue weighted by Crippen LogP contribution is -2.48. The van der Waals surface area contributed by atoms with Crippen molar-refractivity contribution in [2.75, 3.05) is 57.0 Å². The molecule has 0 bridgehead atoms. The van der Waals surface area contributed by atoms with Crippen molar-refractivity contribution >= 4 is 40.6 Å². The van der Waals surface area contributed by atoms with Crippen LogP contribution < -0.4 is 10.2 Å². The van der Waals surface area contributed by atoms with Crippen molar-refractivity contribution < 1.29 is 23.9 Å². The second kappa shape index (κ2) is 12.6. The number of fused-ring (bicyclic) bond motifs is 1. The predicted molar refractivity (Wildman–Crippen MR) is 160 cm³/mol. The maximum atomic E-state index is 13.9. The Bertz CT molecular complexity index is 1520. The van der Waals surface area contributed by atoms with Gasteiger partial charge in [0.05, 0.1) is 17.9 Å². The third-order valence-corrected chi connectivity index (χ3v) is 7.79. The van der Waals surface area contributed by atoms with Gasteiger partial charge in [0.15, 0.2) is 0 Å². The largest absolute Gasteiger partial charge is 0.481 e. The van der Waals surface area contributed by atoms with Gasteiger partial charge in [-0.2, -0.15) is 0 Å². The molecule has 0 saturated carbocycles. The van der Waals surface area contributed by atoms with Gasteiger partial charge in [-0.25, -0.2) is 4.39 Å². The molecule has 9 nitrogen and oxygen atoms in total. The number of rotatable bonds is 9. The molecule has 3 aromatic rings. The van der Waals surface area contributed by atoms with E-state index in [2.05, 4.69) is 22.2 Å². The molecule has 1 unspecified atom stereocenters. The fourth-order valence-corrected chi connectivity index (χ4v) is 5.28. The van der Waals surface area contributed by atoms with Crippen LogP contribution in [-0.2, 0) is 20.8 Å². The van der Waals surface area contributed by atoms with Gasteiger partial charge in [0, 0.05) is 51.0 Å². The highest BCUT2D eigenvalue weighted by atomic mass is 19.1. The summed E-state index contributed by atoms with van der Waals surface area (Å²) in [5.41, 5.74) is 4.24. The Hall–Kier alpha value is -4.41. The fraction of sp³-hybridized carbons (Fsp3) is 0.312. The molecule has 0 radical (unpaired) electrons. The molecule has 1 saturated heterocycles. The second-order valence-corrected chi connectivity index (χ2v) is 10.8. The van der Waals surface area contributed by atoms with Gasteiger partial charge in [0.25, 0.3) is 0 Å². The Kier molecular flexibility index (Phi) is 8.75. The van der Waals surface area contributed by atoms with E-state index in [1.807, 2.05) is 36.4 Å². The zero-order chi connectivity index (χ0) is 29.8. The van der Waals surface area contributed by atoms with Gasteiger partial charge in [-0.1, -0.05) is 24.3 Å². The molecule has 218 valence electrons. The van der Waals surface area contributed by atoms with Gasteiger partial charge in [0.2, 0.25) is 11.8 Å². The summed E-state index contributed by atoms with van der Waals surface area (Å²) in [6, 6.07) is 18.7. The van der Waals surface area contributed by atoms with E-state index in [1.54, 1.807) is 30.1 Å². The number of carbonyl (C=O) groups is 3. The third kappa shape index (κ3) is 6.72. The zero-order valence-electron chi connectivity index (χ0n) is 23.7. The number of hydrogen-bond acceptors (Lipinski definition) is 6. The van der Waals surface area contributed by atoms with Crippen LogP contribution in [0.1, 0.15) is 29.0 Å². The maximum Gasteiger partial charge on any atom is 0.303 e. The maximum absolute atomic E-state index is 13.9. The molecule has 0 spiro atoms. The van der Waals surface area contributed by atoms with Gasteiger partial charge in [0.1, 0.15) is 11.7 Å². The van der Waals surface area contributed by atoms with Gasteiger partial charge < -0.3 is 20.2 Å². The first-order valence-corrected chi connectivity index (χ1v) is 14.0. The lowest BCUT2D eigenvalue weighted by atomic mass is 9.89. The summed E-state index contributed by atoms with van der Waals surface area (Å²) in [4.78, 5) is 48.2. The number of piperazine rings is 1. The van der Waals surface area contributed by atoms with Crippen molar-refractivity contribution in [3.05, 3.63) is 89.2 Å². The summed E-state index contributed by atoms with van der Waals surface area (Å²) in [5, 5.41) is 11.9. The minimum Gasteiger partial charge on any atom is -0.481 e. The van der Waals surface area contributed by atoms with Crippen LogP contribution in [0.4, 0.5) is 21.5 Å². The highest BCUT2D eigenvalue weighted by molar-refractivity contribution is 6.24. The molecule has 2 amide bonds. The Morgan fingerprint density at radius 3 is 2.50 bits per heavy atom. The minimum atomic E-state index is -0.896. The molecule has 2 N–H and O–H groups in total. The lowest BCUT2D eigenvalue weighted by Gasteiger charge is -2.32. The standard InChI is InChI=1S/C32H34FN5O4/c1-36-14-16-38(17-15-36)20-28(39)37(2)25-10-8-24(9-11-25)34-31(22-5-3-4-21(18-22)6-13-29(40)41)30-26-12-7-23(33)19-27(26)35-32(30)42/h3-5,7-12,18-19,30H,6,13-17,20H2,1-2H3,(H,35,42)(H,40,41). The Morgan fingerprint density at radius 1 is 1.05 bits per heavy atom.